The first-order valence-electron chi connectivity index (χ1n) is 3.54. The lowest BCUT2D eigenvalue weighted by molar-refractivity contribution is 0.223. The smallest absolute Gasteiger partial charge is 0.152 e. The fourth-order valence-electron chi connectivity index (χ4n) is 0.228. The minimum absolute atomic E-state index is 0.465. The summed E-state index contributed by atoms with van der Waals surface area (Å²) >= 11 is 0. The Hall–Kier alpha value is -1.18. The molecule has 0 rings (SSSR count). The second kappa shape index (κ2) is 7.92. The fraction of sp³-hybridized carbons (Fsp3) is 0.400. The third kappa shape index (κ3) is 11.6. The molecule has 0 aromatic carbocycles. The molecule has 2 heteroatoms. The lowest BCUT2D eigenvalue weighted by Crippen LogP contribution is -1.90. The van der Waals surface area contributed by atoms with E-state index in [0.717, 1.165) is 0 Å². The maximum atomic E-state index is 4.68. The Balaban J connectivity index is 0. The summed E-state index contributed by atoms with van der Waals surface area (Å²) in [5.74, 6) is 0.931. The highest BCUT2D eigenvalue weighted by Gasteiger charge is 1.94. The van der Waals surface area contributed by atoms with Crippen LogP contribution in [0, 0.1) is 0 Å². The molecule has 12 heavy (non-hydrogen) atoms. The highest BCUT2D eigenvalue weighted by Crippen LogP contribution is 2.03. The molecule has 0 spiro atoms. The number of hydrogen-bond donors (Lipinski definition) is 0. The van der Waals surface area contributed by atoms with Crippen LogP contribution in [0.3, 0.4) is 0 Å². The Morgan fingerprint density at radius 3 is 1.08 bits per heavy atom. The molecular weight excluding hydrogens is 152 g/mol. The van der Waals surface area contributed by atoms with Gasteiger partial charge in [-0.05, 0) is 13.8 Å². The molecule has 0 fully saturated rings. The van der Waals surface area contributed by atoms with Gasteiger partial charge in [0.1, 0.15) is 0 Å². The molecule has 0 saturated carbocycles. The third-order valence-electron chi connectivity index (χ3n) is 0.804. The first kappa shape index (κ1) is 13.4. The maximum absolute atomic E-state index is 4.68. The van der Waals surface area contributed by atoms with Crippen molar-refractivity contribution < 1.29 is 9.47 Å². The van der Waals surface area contributed by atoms with Gasteiger partial charge in [-0.15, -0.1) is 6.58 Å². The zero-order valence-corrected chi connectivity index (χ0v) is 8.44. The summed E-state index contributed by atoms with van der Waals surface area (Å²) in [5, 5.41) is 0. The van der Waals surface area contributed by atoms with Crippen LogP contribution in [0.1, 0.15) is 13.8 Å². The second-order valence-electron chi connectivity index (χ2n) is 2.46. The van der Waals surface area contributed by atoms with Crippen molar-refractivity contribution in [1.29, 1.82) is 0 Å². The molecule has 0 atom stereocenters. The van der Waals surface area contributed by atoms with Gasteiger partial charge in [0.2, 0.25) is 0 Å². The molecule has 0 amide bonds. The third-order valence-corrected chi connectivity index (χ3v) is 0.804. The monoisotopic (exact) mass is 170 g/mol. The van der Waals surface area contributed by atoms with E-state index in [1.807, 2.05) is 13.8 Å². The van der Waals surface area contributed by atoms with Crippen LogP contribution in [0.5, 0.6) is 0 Å². The van der Waals surface area contributed by atoms with Crippen LogP contribution in [0.25, 0.3) is 0 Å². The van der Waals surface area contributed by atoms with Gasteiger partial charge in [-0.25, -0.2) is 0 Å². The molecule has 0 N–H and O–H groups in total. The van der Waals surface area contributed by atoms with Crippen molar-refractivity contribution in [2.24, 2.45) is 0 Å². The highest BCUT2D eigenvalue weighted by molar-refractivity contribution is 5.11. The number of methoxy groups -OCH3 is 2. The van der Waals surface area contributed by atoms with E-state index >= 15 is 0 Å². The summed E-state index contributed by atoms with van der Waals surface area (Å²) < 4.78 is 9.37. The zero-order valence-electron chi connectivity index (χ0n) is 8.44. The van der Waals surface area contributed by atoms with Crippen molar-refractivity contribution >= 4 is 0 Å². The van der Waals surface area contributed by atoms with E-state index < -0.39 is 0 Å². The molecule has 70 valence electrons. The van der Waals surface area contributed by atoms with Gasteiger partial charge in [0.15, 0.2) is 11.5 Å². The summed E-state index contributed by atoms with van der Waals surface area (Å²) in [5.41, 5.74) is 1.17. The van der Waals surface area contributed by atoms with Gasteiger partial charge in [-0.1, -0.05) is 18.7 Å². The van der Waals surface area contributed by atoms with Gasteiger partial charge in [0.05, 0.1) is 14.2 Å². The number of rotatable bonds is 3. The lowest BCUT2D eigenvalue weighted by Gasteiger charge is -2.03. The predicted octanol–water partition coefficient (Wildman–Crippen LogP) is 2.89. The van der Waals surface area contributed by atoms with E-state index in [0.29, 0.717) is 11.5 Å². The number of ether oxygens (including phenoxy) is 2. The lowest BCUT2D eigenvalue weighted by atomic mass is 10.4. The number of allylic oxidation sites excluding steroid dienone is 1. The largest absolute Gasteiger partial charge is 0.494 e. The molecule has 0 saturated heterocycles. The van der Waals surface area contributed by atoms with Crippen molar-refractivity contribution in [3.8, 4) is 0 Å². The van der Waals surface area contributed by atoms with Gasteiger partial charge < -0.3 is 9.47 Å². The highest BCUT2D eigenvalue weighted by atomic mass is 16.5. The standard InChI is InChI=1S/C6H10O2.C4H8/c1-5(7-3)6(2)8-4;1-4(2)3/h1-2H2,3-4H3;1H2,2-3H3. The maximum Gasteiger partial charge on any atom is 0.152 e. The van der Waals surface area contributed by atoms with E-state index in [-0.39, 0.29) is 0 Å². The van der Waals surface area contributed by atoms with Crippen LogP contribution >= 0.6 is 0 Å². The fourth-order valence-corrected chi connectivity index (χ4v) is 0.228. The van der Waals surface area contributed by atoms with Crippen LogP contribution in [0.4, 0.5) is 0 Å². The van der Waals surface area contributed by atoms with Crippen molar-refractivity contribution in [2.45, 2.75) is 13.8 Å². The SMILES string of the molecule is C=C(C)C.C=C(OC)C(=C)OC. The minimum Gasteiger partial charge on any atom is -0.494 e. The molecule has 2 nitrogen and oxygen atoms in total. The molecule has 0 aromatic rings. The van der Waals surface area contributed by atoms with Crippen LogP contribution in [-0.4, -0.2) is 14.2 Å². The summed E-state index contributed by atoms with van der Waals surface area (Å²) in [6.07, 6.45) is 0. The average Bonchev–Trinajstić information content (AvgIpc) is 2.00. The van der Waals surface area contributed by atoms with E-state index in [2.05, 4.69) is 29.2 Å². The summed E-state index contributed by atoms with van der Waals surface area (Å²) in [6, 6.07) is 0. The zero-order chi connectivity index (χ0) is 10.1. The van der Waals surface area contributed by atoms with E-state index in [1.165, 1.54) is 19.8 Å². The summed E-state index contributed by atoms with van der Waals surface area (Å²) in [4.78, 5) is 0. The van der Waals surface area contributed by atoms with Crippen LogP contribution in [0.2, 0.25) is 0 Å². The first-order chi connectivity index (χ1) is 5.45. The van der Waals surface area contributed by atoms with E-state index in [4.69, 9.17) is 0 Å². The Bertz CT molecular complexity index is 151. The normalized spacial score (nSPS) is 7.33. The Kier molecular flexibility index (Phi) is 8.85. The molecule has 0 radical (unpaired) electrons. The molecule has 0 bridgehead atoms. The van der Waals surface area contributed by atoms with Crippen molar-refractivity contribution in [1.82, 2.24) is 0 Å². The molecule has 0 aliphatic carbocycles. The van der Waals surface area contributed by atoms with Crippen LogP contribution < -0.4 is 0 Å². The quantitative estimate of drug-likeness (QED) is 0.368. The predicted molar refractivity (Wildman–Crippen MR) is 52.8 cm³/mol. The van der Waals surface area contributed by atoms with Gasteiger partial charge in [0.25, 0.3) is 0 Å². The second-order valence-corrected chi connectivity index (χ2v) is 2.46. The summed E-state index contributed by atoms with van der Waals surface area (Å²) in [7, 11) is 3.04. The molecular formula is C10H18O2. The molecule has 0 aliphatic rings. The van der Waals surface area contributed by atoms with Crippen molar-refractivity contribution in [2.75, 3.05) is 14.2 Å². The van der Waals surface area contributed by atoms with Gasteiger partial charge in [-0.3, -0.25) is 0 Å². The van der Waals surface area contributed by atoms with Crippen LogP contribution in [-0.2, 0) is 9.47 Å². The topological polar surface area (TPSA) is 18.5 Å². The molecule has 0 heterocycles. The van der Waals surface area contributed by atoms with Gasteiger partial charge in [0, 0.05) is 0 Å². The average molecular weight is 170 g/mol. The van der Waals surface area contributed by atoms with Crippen LogP contribution in [0.15, 0.2) is 36.8 Å². The molecule has 0 aromatic heterocycles. The van der Waals surface area contributed by atoms with E-state index in [9.17, 15) is 0 Å². The van der Waals surface area contributed by atoms with Crippen molar-refractivity contribution in [3.63, 3.8) is 0 Å². The summed E-state index contributed by atoms with van der Waals surface area (Å²) in [6.45, 7) is 14.5. The minimum atomic E-state index is 0.465. The molecule has 0 aliphatic heterocycles. The van der Waals surface area contributed by atoms with Crippen molar-refractivity contribution in [3.05, 3.63) is 36.8 Å². The molecule has 0 unspecified atom stereocenters. The first-order valence-corrected chi connectivity index (χ1v) is 3.54. The Morgan fingerprint density at radius 1 is 0.833 bits per heavy atom. The Labute approximate surface area is 75.2 Å². The van der Waals surface area contributed by atoms with Gasteiger partial charge >= 0.3 is 0 Å². The van der Waals surface area contributed by atoms with Gasteiger partial charge in [-0.2, -0.15) is 0 Å². The Morgan fingerprint density at radius 2 is 1.00 bits per heavy atom. The van der Waals surface area contributed by atoms with E-state index in [1.54, 1.807) is 0 Å². The number of hydrogen-bond acceptors (Lipinski definition) is 2.